The van der Waals surface area contributed by atoms with Gasteiger partial charge in [-0.2, -0.15) is 0 Å². The predicted molar refractivity (Wildman–Crippen MR) is 78.6 cm³/mol. The lowest BCUT2D eigenvalue weighted by atomic mass is 9.99. The highest BCUT2D eigenvalue weighted by Crippen LogP contribution is 2.28. The number of benzene rings is 2. The number of nitrogens with one attached hydrogen (secondary N) is 2. The number of carbonyl (C=O) groups excluding carboxylic acids is 1. The van der Waals surface area contributed by atoms with Crippen molar-refractivity contribution in [2.75, 3.05) is 19.6 Å². The fraction of sp³-hybridized carbons (Fsp3) is 0.312. The third-order valence-corrected chi connectivity index (χ3v) is 4.34. The molecular formula is C16H17N3O. The lowest BCUT2D eigenvalue weighted by Gasteiger charge is -2.34. The van der Waals surface area contributed by atoms with E-state index >= 15 is 0 Å². The average molecular weight is 267 g/mol. The van der Waals surface area contributed by atoms with Gasteiger partial charge >= 0.3 is 6.03 Å². The Bertz CT molecular complexity index is 660. The highest BCUT2D eigenvalue weighted by molar-refractivity contribution is 5.87. The van der Waals surface area contributed by atoms with Gasteiger partial charge in [0.1, 0.15) is 0 Å². The highest BCUT2D eigenvalue weighted by atomic mass is 16.2. The van der Waals surface area contributed by atoms with Gasteiger partial charge in [-0.3, -0.25) is 0 Å². The molecule has 2 fully saturated rings. The van der Waals surface area contributed by atoms with Gasteiger partial charge in [-0.1, -0.05) is 42.5 Å². The Labute approximate surface area is 117 Å². The zero-order chi connectivity index (χ0) is 13.5. The summed E-state index contributed by atoms with van der Waals surface area (Å²) in [7, 11) is 0. The molecule has 2 N–H and O–H groups in total. The number of carbonyl (C=O) groups is 1. The highest BCUT2D eigenvalue weighted by Gasteiger charge is 2.37. The standard InChI is InChI=1S/C16H17N3O/c20-16-18-15(10-19(16)12-8-17-9-12)14-7-3-5-11-4-1-2-6-13(11)14/h1-7,12,15,17H,8-10H2,(H,18,20). The lowest BCUT2D eigenvalue weighted by Crippen LogP contribution is -2.57. The van der Waals surface area contributed by atoms with Crippen LogP contribution in [0.25, 0.3) is 10.8 Å². The van der Waals surface area contributed by atoms with E-state index in [4.69, 9.17) is 0 Å². The number of nitrogens with zero attached hydrogens (tertiary/aromatic N) is 1. The van der Waals surface area contributed by atoms with Crippen LogP contribution in [-0.2, 0) is 0 Å². The minimum absolute atomic E-state index is 0.0643. The van der Waals surface area contributed by atoms with Crippen molar-refractivity contribution in [3.8, 4) is 0 Å². The Morgan fingerprint density at radius 1 is 1.05 bits per heavy atom. The average Bonchev–Trinajstić information content (AvgIpc) is 2.78. The molecule has 0 aliphatic carbocycles. The lowest BCUT2D eigenvalue weighted by molar-refractivity contribution is 0.172. The second-order valence-corrected chi connectivity index (χ2v) is 5.53. The van der Waals surface area contributed by atoms with Crippen molar-refractivity contribution in [2.45, 2.75) is 12.1 Å². The predicted octanol–water partition coefficient (Wildman–Crippen LogP) is 1.88. The monoisotopic (exact) mass is 267 g/mol. The molecule has 20 heavy (non-hydrogen) atoms. The van der Waals surface area contributed by atoms with E-state index in [0.29, 0.717) is 6.04 Å². The van der Waals surface area contributed by atoms with Crippen molar-refractivity contribution in [3.05, 3.63) is 48.0 Å². The molecule has 0 spiro atoms. The largest absolute Gasteiger partial charge is 0.329 e. The van der Waals surface area contributed by atoms with E-state index in [1.807, 2.05) is 11.0 Å². The molecule has 4 rings (SSSR count). The maximum Gasteiger partial charge on any atom is 0.318 e. The number of hydrogen-bond acceptors (Lipinski definition) is 2. The SMILES string of the molecule is O=C1NC(c2cccc3ccccc23)CN1C1CNC1. The van der Waals surface area contributed by atoms with E-state index in [1.165, 1.54) is 16.3 Å². The van der Waals surface area contributed by atoms with Crippen LogP contribution in [0.3, 0.4) is 0 Å². The van der Waals surface area contributed by atoms with Gasteiger partial charge in [0.2, 0.25) is 0 Å². The molecule has 2 aliphatic heterocycles. The molecule has 2 heterocycles. The van der Waals surface area contributed by atoms with E-state index in [-0.39, 0.29) is 12.1 Å². The normalized spacial score (nSPS) is 22.9. The first-order valence-electron chi connectivity index (χ1n) is 7.08. The summed E-state index contributed by atoms with van der Waals surface area (Å²) in [6, 6.07) is 15.2. The molecular weight excluding hydrogens is 250 g/mol. The molecule has 0 aromatic heterocycles. The Morgan fingerprint density at radius 2 is 1.85 bits per heavy atom. The fourth-order valence-corrected chi connectivity index (χ4v) is 3.10. The van der Waals surface area contributed by atoms with Crippen LogP contribution in [0.4, 0.5) is 4.79 Å². The van der Waals surface area contributed by atoms with Crippen LogP contribution in [0.1, 0.15) is 11.6 Å². The summed E-state index contributed by atoms with van der Waals surface area (Å²) in [6.07, 6.45) is 0. The summed E-state index contributed by atoms with van der Waals surface area (Å²) in [6.45, 7) is 2.59. The van der Waals surface area contributed by atoms with Crippen LogP contribution in [-0.4, -0.2) is 36.6 Å². The Hall–Kier alpha value is -2.07. The van der Waals surface area contributed by atoms with Crippen LogP contribution in [0.5, 0.6) is 0 Å². The Balaban J connectivity index is 1.68. The fourth-order valence-electron chi connectivity index (χ4n) is 3.10. The van der Waals surface area contributed by atoms with E-state index in [0.717, 1.165) is 19.6 Å². The number of rotatable bonds is 2. The van der Waals surface area contributed by atoms with Crippen molar-refractivity contribution in [1.29, 1.82) is 0 Å². The van der Waals surface area contributed by atoms with Gasteiger partial charge in [-0.15, -0.1) is 0 Å². The molecule has 2 aromatic rings. The molecule has 2 aliphatic rings. The summed E-state index contributed by atoms with van der Waals surface area (Å²) in [5.41, 5.74) is 1.21. The van der Waals surface area contributed by atoms with Crippen LogP contribution >= 0.6 is 0 Å². The van der Waals surface area contributed by atoms with E-state index in [2.05, 4.69) is 47.0 Å². The third-order valence-electron chi connectivity index (χ3n) is 4.34. The van der Waals surface area contributed by atoms with Crippen molar-refractivity contribution >= 4 is 16.8 Å². The van der Waals surface area contributed by atoms with Crippen molar-refractivity contribution in [2.24, 2.45) is 0 Å². The summed E-state index contributed by atoms with van der Waals surface area (Å²) in [5.74, 6) is 0. The maximum atomic E-state index is 12.1. The molecule has 4 nitrogen and oxygen atoms in total. The molecule has 1 unspecified atom stereocenters. The summed E-state index contributed by atoms with van der Waals surface area (Å²) < 4.78 is 0. The van der Waals surface area contributed by atoms with Crippen LogP contribution in [0.15, 0.2) is 42.5 Å². The molecule has 0 bridgehead atoms. The molecule has 0 saturated carbocycles. The molecule has 102 valence electrons. The molecule has 1 atom stereocenters. The summed E-state index contributed by atoms with van der Waals surface area (Å²) in [5, 5.41) is 8.80. The molecule has 2 aromatic carbocycles. The number of urea groups is 1. The van der Waals surface area contributed by atoms with E-state index < -0.39 is 0 Å². The topological polar surface area (TPSA) is 44.4 Å². The second-order valence-electron chi connectivity index (χ2n) is 5.53. The van der Waals surface area contributed by atoms with Gasteiger partial charge in [-0.05, 0) is 16.3 Å². The quantitative estimate of drug-likeness (QED) is 0.872. The van der Waals surface area contributed by atoms with Crippen LogP contribution < -0.4 is 10.6 Å². The third kappa shape index (κ3) is 1.76. The summed E-state index contributed by atoms with van der Waals surface area (Å²) >= 11 is 0. The molecule has 0 radical (unpaired) electrons. The maximum absolute atomic E-state index is 12.1. The number of amides is 2. The van der Waals surface area contributed by atoms with E-state index in [1.54, 1.807) is 0 Å². The molecule has 4 heteroatoms. The van der Waals surface area contributed by atoms with Crippen LogP contribution in [0.2, 0.25) is 0 Å². The first-order valence-corrected chi connectivity index (χ1v) is 7.08. The zero-order valence-electron chi connectivity index (χ0n) is 11.2. The van der Waals surface area contributed by atoms with Gasteiger partial charge in [0.25, 0.3) is 0 Å². The van der Waals surface area contributed by atoms with Gasteiger partial charge < -0.3 is 15.5 Å². The van der Waals surface area contributed by atoms with Crippen molar-refractivity contribution in [3.63, 3.8) is 0 Å². The first-order chi connectivity index (χ1) is 9.83. The first kappa shape index (κ1) is 11.7. The van der Waals surface area contributed by atoms with Gasteiger partial charge in [-0.25, -0.2) is 4.79 Å². The van der Waals surface area contributed by atoms with Crippen molar-refractivity contribution in [1.82, 2.24) is 15.5 Å². The smallest absolute Gasteiger partial charge is 0.318 e. The van der Waals surface area contributed by atoms with Gasteiger partial charge in [0.05, 0.1) is 12.1 Å². The molecule has 2 amide bonds. The Kier molecular flexibility index (Phi) is 2.63. The summed E-state index contributed by atoms with van der Waals surface area (Å²) in [4.78, 5) is 14.1. The zero-order valence-corrected chi connectivity index (χ0v) is 11.2. The van der Waals surface area contributed by atoms with Crippen LogP contribution in [0, 0.1) is 0 Å². The number of fused-ring (bicyclic) bond motifs is 1. The second kappa shape index (κ2) is 4.49. The Morgan fingerprint density at radius 3 is 2.65 bits per heavy atom. The molecule has 2 saturated heterocycles. The number of hydrogen-bond donors (Lipinski definition) is 2. The van der Waals surface area contributed by atoms with Crippen molar-refractivity contribution < 1.29 is 4.79 Å². The minimum Gasteiger partial charge on any atom is -0.329 e. The van der Waals surface area contributed by atoms with Gasteiger partial charge in [0.15, 0.2) is 0 Å². The van der Waals surface area contributed by atoms with Gasteiger partial charge in [0, 0.05) is 19.6 Å². The minimum atomic E-state index is 0.0643. The van der Waals surface area contributed by atoms with E-state index in [9.17, 15) is 4.79 Å².